The van der Waals surface area contributed by atoms with Gasteiger partial charge < -0.3 is 14.2 Å². The van der Waals surface area contributed by atoms with E-state index in [1.165, 1.54) is 18.2 Å². The minimum atomic E-state index is -0.870. The van der Waals surface area contributed by atoms with Crippen molar-refractivity contribution in [2.24, 2.45) is 0 Å². The number of urea groups is 1. The fourth-order valence-electron chi connectivity index (χ4n) is 2.91. The molecule has 2 heterocycles. The minimum absolute atomic E-state index is 0.0437. The number of nitrogens with one attached hydrogen (secondary N) is 1. The first-order chi connectivity index (χ1) is 14.1. The van der Waals surface area contributed by atoms with Crippen LogP contribution < -0.4 is 24.4 Å². The third kappa shape index (κ3) is 3.35. The van der Waals surface area contributed by atoms with E-state index >= 15 is 0 Å². The smallest absolute Gasteiger partial charge is 0.335 e. The lowest BCUT2D eigenvalue weighted by Crippen LogP contribution is -2.54. The summed E-state index contributed by atoms with van der Waals surface area (Å²) in [7, 11) is 0. The molecule has 2 aromatic carbocycles. The van der Waals surface area contributed by atoms with Gasteiger partial charge in [-0.2, -0.15) is 5.26 Å². The zero-order chi connectivity index (χ0) is 20.4. The highest BCUT2D eigenvalue weighted by Crippen LogP contribution is 2.36. The molecule has 4 rings (SSSR count). The normalized spacial score (nSPS) is 16.6. The van der Waals surface area contributed by atoms with Crippen LogP contribution in [0.1, 0.15) is 5.56 Å². The van der Waals surface area contributed by atoms with Crippen LogP contribution in [0.5, 0.6) is 17.2 Å². The first-order valence-corrected chi connectivity index (χ1v) is 8.48. The quantitative estimate of drug-likeness (QED) is 0.625. The third-order valence-corrected chi connectivity index (χ3v) is 4.23. The number of nitriles is 1. The topological polar surface area (TPSA) is 118 Å². The van der Waals surface area contributed by atoms with Crippen LogP contribution in [0.4, 0.5) is 10.5 Å². The van der Waals surface area contributed by atoms with Gasteiger partial charge in [-0.15, -0.1) is 0 Å². The number of fused-ring (bicyclic) bond motifs is 1. The number of rotatable bonds is 4. The molecule has 4 amide bonds. The number of amides is 4. The number of barbiturate groups is 1. The summed E-state index contributed by atoms with van der Waals surface area (Å²) in [5.41, 5.74) is 0.390. The van der Waals surface area contributed by atoms with Gasteiger partial charge in [-0.25, -0.2) is 9.69 Å². The summed E-state index contributed by atoms with van der Waals surface area (Å²) < 4.78 is 15.8. The number of anilines is 1. The Balaban J connectivity index is 1.71. The number of carbonyl (C=O) groups is 3. The number of hydrogen-bond donors (Lipinski definition) is 1. The number of ether oxygens (including phenoxy) is 3. The number of hydrogen-bond acceptors (Lipinski definition) is 7. The van der Waals surface area contributed by atoms with Gasteiger partial charge in [0.05, 0.1) is 5.69 Å². The highest BCUT2D eigenvalue weighted by Gasteiger charge is 2.37. The highest BCUT2D eigenvalue weighted by molar-refractivity contribution is 6.39. The van der Waals surface area contributed by atoms with E-state index in [1.807, 2.05) is 6.07 Å². The number of carbonyl (C=O) groups excluding carboxylic acids is 3. The summed E-state index contributed by atoms with van der Waals surface area (Å²) in [6.07, 6.45) is 1.32. The summed E-state index contributed by atoms with van der Waals surface area (Å²) in [5.74, 6) is -0.414. The predicted molar refractivity (Wildman–Crippen MR) is 99.1 cm³/mol. The molecular formula is C20H13N3O6. The Kier molecular flexibility index (Phi) is 4.58. The molecule has 0 bridgehead atoms. The molecule has 0 atom stereocenters. The van der Waals surface area contributed by atoms with Crippen LogP contribution in [0.15, 0.2) is 48.0 Å². The predicted octanol–water partition coefficient (Wildman–Crippen LogP) is 1.98. The fourth-order valence-corrected chi connectivity index (χ4v) is 2.91. The van der Waals surface area contributed by atoms with Gasteiger partial charge in [0.15, 0.2) is 18.1 Å². The van der Waals surface area contributed by atoms with E-state index in [4.69, 9.17) is 19.5 Å². The first kappa shape index (κ1) is 18.1. The molecule has 0 spiro atoms. The Labute approximate surface area is 164 Å². The second kappa shape index (κ2) is 7.36. The fraction of sp³-hybridized carbons (Fsp3) is 0.100. The summed E-state index contributed by atoms with van der Waals surface area (Å²) in [6.45, 7) is -0.149. The molecule has 29 heavy (non-hydrogen) atoms. The summed E-state index contributed by atoms with van der Waals surface area (Å²) in [4.78, 5) is 38.5. The van der Waals surface area contributed by atoms with Gasteiger partial charge in [-0.3, -0.25) is 14.9 Å². The minimum Gasteiger partial charge on any atom is -0.478 e. The molecule has 1 fully saturated rings. The van der Waals surface area contributed by atoms with Gasteiger partial charge in [-0.1, -0.05) is 18.2 Å². The maximum Gasteiger partial charge on any atom is 0.335 e. The molecule has 9 nitrogen and oxygen atoms in total. The molecule has 2 aliphatic rings. The lowest BCUT2D eigenvalue weighted by atomic mass is 10.1. The summed E-state index contributed by atoms with van der Waals surface area (Å²) >= 11 is 0. The van der Waals surface area contributed by atoms with E-state index in [2.05, 4.69) is 5.32 Å². The number of nitrogens with zero attached hydrogens (tertiary/aromatic N) is 2. The van der Waals surface area contributed by atoms with Crippen molar-refractivity contribution in [3.8, 4) is 23.3 Å². The Hall–Kier alpha value is -4.32. The van der Waals surface area contributed by atoms with E-state index in [-0.39, 0.29) is 24.7 Å². The van der Waals surface area contributed by atoms with Gasteiger partial charge in [0.2, 0.25) is 6.79 Å². The Morgan fingerprint density at radius 1 is 1.14 bits per heavy atom. The second-order valence-electron chi connectivity index (χ2n) is 5.98. The Bertz CT molecular complexity index is 1100. The standard InChI is InChI=1S/C20H13N3O6/c21-7-8-27-15-4-2-1-3-12(15)9-14-18(24)22-20(26)23(19(14)25)13-5-6-16-17(10-13)29-11-28-16/h1-6,9-10H,8,11H2,(H,22,24,26)/b14-9+. The van der Waals surface area contributed by atoms with Gasteiger partial charge in [0, 0.05) is 11.6 Å². The van der Waals surface area contributed by atoms with Crippen molar-refractivity contribution in [2.75, 3.05) is 18.3 Å². The molecule has 0 aliphatic carbocycles. The van der Waals surface area contributed by atoms with Crippen molar-refractivity contribution >= 4 is 29.6 Å². The van der Waals surface area contributed by atoms with Crippen LogP contribution in [-0.4, -0.2) is 31.2 Å². The molecular weight excluding hydrogens is 378 g/mol. The SMILES string of the molecule is N#CCOc1ccccc1/C=C1\C(=O)NC(=O)N(c2ccc3c(c2)OCO3)C1=O. The van der Waals surface area contributed by atoms with Crippen LogP contribution in [0.3, 0.4) is 0 Å². The highest BCUT2D eigenvalue weighted by atomic mass is 16.7. The molecule has 2 aromatic rings. The largest absolute Gasteiger partial charge is 0.478 e. The van der Waals surface area contributed by atoms with Crippen molar-refractivity contribution in [1.82, 2.24) is 5.32 Å². The number of imide groups is 2. The van der Waals surface area contributed by atoms with Crippen LogP contribution >= 0.6 is 0 Å². The van der Waals surface area contributed by atoms with Crippen molar-refractivity contribution in [2.45, 2.75) is 0 Å². The Morgan fingerprint density at radius 2 is 1.93 bits per heavy atom. The second-order valence-corrected chi connectivity index (χ2v) is 5.98. The van der Waals surface area contributed by atoms with Crippen molar-refractivity contribution in [1.29, 1.82) is 5.26 Å². The molecule has 2 aliphatic heterocycles. The average molecular weight is 391 g/mol. The lowest BCUT2D eigenvalue weighted by molar-refractivity contribution is -0.122. The van der Waals surface area contributed by atoms with Gasteiger partial charge in [0.1, 0.15) is 17.4 Å². The third-order valence-electron chi connectivity index (χ3n) is 4.23. The molecule has 0 saturated carbocycles. The zero-order valence-electron chi connectivity index (χ0n) is 14.9. The van der Waals surface area contributed by atoms with E-state index < -0.39 is 17.8 Å². The van der Waals surface area contributed by atoms with Crippen LogP contribution in [0, 0.1) is 11.3 Å². The zero-order valence-corrected chi connectivity index (χ0v) is 14.9. The van der Waals surface area contributed by atoms with Crippen molar-refractivity contribution in [3.05, 3.63) is 53.6 Å². The van der Waals surface area contributed by atoms with E-state index in [1.54, 1.807) is 30.3 Å². The van der Waals surface area contributed by atoms with Gasteiger partial charge >= 0.3 is 6.03 Å². The summed E-state index contributed by atoms with van der Waals surface area (Å²) in [6, 6.07) is 12.2. The van der Waals surface area contributed by atoms with Gasteiger partial charge in [0.25, 0.3) is 11.8 Å². The Morgan fingerprint density at radius 3 is 2.76 bits per heavy atom. The molecule has 1 saturated heterocycles. The molecule has 0 unspecified atom stereocenters. The van der Waals surface area contributed by atoms with Crippen LogP contribution in [0.25, 0.3) is 6.08 Å². The molecule has 1 N–H and O–H groups in total. The van der Waals surface area contributed by atoms with Crippen molar-refractivity contribution in [3.63, 3.8) is 0 Å². The molecule has 9 heteroatoms. The monoisotopic (exact) mass is 391 g/mol. The van der Waals surface area contributed by atoms with E-state index in [9.17, 15) is 14.4 Å². The maximum atomic E-state index is 13.0. The lowest BCUT2D eigenvalue weighted by Gasteiger charge is -2.26. The summed E-state index contributed by atoms with van der Waals surface area (Å²) in [5, 5.41) is 10.9. The maximum absolute atomic E-state index is 13.0. The van der Waals surface area contributed by atoms with E-state index in [0.29, 0.717) is 22.8 Å². The average Bonchev–Trinajstić information content (AvgIpc) is 3.18. The molecule has 0 radical (unpaired) electrons. The first-order valence-electron chi connectivity index (χ1n) is 8.48. The van der Waals surface area contributed by atoms with Crippen molar-refractivity contribution < 1.29 is 28.6 Å². The number of benzene rings is 2. The molecule has 144 valence electrons. The van der Waals surface area contributed by atoms with Crippen LogP contribution in [0.2, 0.25) is 0 Å². The molecule has 0 aromatic heterocycles. The van der Waals surface area contributed by atoms with E-state index in [0.717, 1.165) is 4.90 Å². The van der Waals surface area contributed by atoms with Crippen LogP contribution in [-0.2, 0) is 9.59 Å². The number of para-hydroxylation sites is 1. The van der Waals surface area contributed by atoms with Gasteiger partial charge in [-0.05, 0) is 24.3 Å².